The van der Waals surface area contributed by atoms with Crippen molar-refractivity contribution in [3.05, 3.63) is 0 Å². The van der Waals surface area contributed by atoms with Crippen LogP contribution in [0, 0.1) is 0 Å². The zero-order valence-electron chi connectivity index (χ0n) is 13.2. The predicted molar refractivity (Wildman–Crippen MR) is 103 cm³/mol. The molecule has 2 N–H and O–H groups in total. The SMILES string of the molecule is CCNC(=NCCCCCOC)NCCCCSC.I. The lowest BCUT2D eigenvalue weighted by atomic mass is 10.2. The second kappa shape index (κ2) is 19.3. The highest BCUT2D eigenvalue weighted by molar-refractivity contribution is 14.0. The Hall–Kier alpha value is 0.310. The molecule has 0 fully saturated rings. The van der Waals surface area contributed by atoms with Crippen molar-refractivity contribution in [3.63, 3.8) is 0 Å². The molecule has 0 aliphatic rings. The molecular formula is C14H32IN3OS. The van der Waals surface area contributed by atoms with Gasteiger partial charge in [-0.15, -0.1) is 24.0 Å². The van der Waals surface area contributed by atoms with Crippen LogP contribution >= 0.6 is 35.7 Å². The van der Waals surface area contributed by atoms with Gasteiger partial charge in [0.15, 0.2) is 5.96 Å². The van der Waals surface area contributed by atoms with Crippen molar-refractivity contribution < 1.29 is 4.74 Å². The number of guanidine groups is 1. The van der Waals surface area contributed by atoms with E-state index >= 15 is 0 Å². The Balaban J connectivity index is 0. The Morgan fingerprint density at radius 3 is 2.55 bits per heavy atom. The largest absolute Gasteiger partial charge is 0.385 e. The summed E-state index contributed by atoms with van der Waals surface area (Å²) in [5.41, 5.74) is 0. The predicted octanol–water partition coefficient (Wildman–Crippen LogP) is 3.12. The minimum Gasteiger partial charge on any atom is -0.385 e. The Bertz CT molecular complexity index is 219. The van der Waals surface area contributed by atoms with Crippen molar-refractivity contribution >= 4 is 41.7 Å². The van der Waals surface area contributed by atoms with Crippen LogP contribution in [0.4, 0.5) is 0 Å². The molecule has 6 heteroatoms. The van der Waals surface area contributed by atoms with Gasteiger partial charge in [-0.3, -0.25) is 4.99 Å². The average molecular weight is 417 g/mol. The van der Waals surface area contributed by atoms with E-state index in [1.54, 1.807) is 7.11 Å². The molecule has 0 spiro atoms. The van der Waals surface area contributed by atoms with E-state index in [-0.39, 0.29) is 24.0 Å². The van der Waals surface area contributed by atoms with Crippen LogP contribution in [0.2, 0.25) is 0 Å². The fourth-order valence-corrected chi connectivity index (χ4v) is 2.14. The number of aliphatic imine (C=N–C) groups is 1. The molecule has 0 bridgehead atoms. The lowest BCUT2D eigenvalue weighted by Gasteiger charge is -2.11. The van der Waals surface area contributed by atoms with Crippen LogP contribution in [0.3, 0.4) is 0 Å². The average Bonchev–Trinajstić information content (AvgIpc) is 2.42. The Morgan fingerprint density at radius 2 is 1.90 bits per heavy atom. The van der Waals surface area contributed by atoms with Gasteiger partial charge in [-0.2, -0.15) is 11.8 Å². The maximum Gasteiger partial charge on any atom is 0.191 e. The summed E-state index contributed by atoms with van der Waals surface area (Å²) >= 11 is 1.91. The van der Waals surface area contributed by atoms with Gasteiger partial charge in [0.2, 0.25) is 0 Å². The van der Waals surface area contributed by atoms with Crippen LogP contribution in [0.25, 0.3) is 0 Å². The number of rotatable bonds is 12. The molecule has 0 rings (SSSR count). The molecule has 0 amide bonds. The van der Waals surface area contributed by atoms with Crippen molar-refractivity contribution in [3.8, 4) is 0 Å². The first-order valence-electron chi connectivity index (χ1n) is 7.35. The Kier molecular flexibility index (Phi) is 21.8. The molecule has 0 aliphatic carbocycles. The quantitative estimate of drug-likeness (QED) is 0.222. The molecule has 0 atom stereocenters. The molecule has 0 aromatic heterocycles. The fraction of sp³-hybridized carbons (Fsp3) is 0.929. The Labute approximate surface area is 146 Å². The van der Waals surface area contributed by atoms with E-state index in [1.807, 2.05) is 11.8 Å². The summed E-state index contributed by atoms with van der Waals surface area (Å²) < 4.78 is 5.03. The molecule has 0 aliphatic heterocycles. The molecule has 20 heavy (non-hydrogen) atoms. The van der Waals surface area contributed by atoms with Gasteiger partial charge in [0.1, 0.15) is 0 Å². The van der Waals surface area contributed by atoms with Crippen molar-refractivity contribution in [1.29, 1.82) is 0 Å². The number of hydrogen-bond acceptors (Lipinski definition) is 3. The minimum absolute atomic E-state index is 0. The molecule has 0 radical (unpaired) electrons. The van der Waals surface area contributed by atoms with Gasteiger partial charge < -0.3 is 15.4 Å². The van der Waals surface area contributed by atoms with Crippen LogP contribution in [-0.2, 0) is 4.74 Å². The number of nitrogens with one attached hydrogen (secondary N) is 2. The standard InChI is InChI=1S/C14H31N3OS.HI/c1-4-15-14(17-11-7-9-13-19-3)16-10-6-5-8-12-18-2;/h4-13H2,1-3H3,(H2,15,16,17);1H. The van der Waals surface area contributed by atoms with E-state index in [4.69, 9.17) is 4.74 Å². The maximum atomic E-state index is 5.03. The van der Waals surface area contributed by atoms with Crippen LogP contribution in [0.5, 0.6) is 0 Å². The molecular weight excluding hydrogens is 385 g/mol. The molecule has 122 valence electrons. The highest BCUT2D eigenvalue weighted by atomic mass is 127. The third-order valence-corrected chi connectivity index (χ3v) is 3.39. The second-order valence-corrected chi connectivity index (χ2v) is 5.43. The summed E-state index contributed by atoms with van der Waals surface area (Å²) in [5, 5.41) is 6.67. The van der Waals surface area contributed by atoms with E-state index in [0.717, 1.165) is 45.0 Å². The molecule has 0 saturated carbocycles. The van der Waals surface area contributed by atoms with Gasteiger partial charge >= 0.3 is 0 Å². The van der Waals surface area contributed by atoms with Gasteiger partial charge in [-0.1, -0.05) is 0 Å². The van der Waals surface area contributed by atoms with Gasteiger partial charge in [-0.05, 0) is 51.0 Å². The number of ether oxygens (including phenoxy) is 1. The van der Waals surface area contributed by atoms with Crippen molar-refractivity contribution in [2.24, 2.45) is 4.99 Å². The first-order valence-corrected chi connectivity index (χ1v) is 8.74. The molecule has 0 heterocycles. The fourth-order valence-electron chi connectivity index (χ4n) is 1.65. The van der Waals surface area contributed by atoms with Crippen LogP contribution in [0.1, 0.15) is 39.0 Å². The number of hydrogen-bond donors (Lipinski definition) is 2. The van der Waals surface area contributed by atoms with E-state index < -0.39 is 0 Å². The first-order chi connectivity index (χ1) is 9.35. The molecule has 0 saturated heterocycles. The molecule has 0 aromatic carbocycles. The summed E-state index contributed by atoms with van der Waals surface area (Å²) in [6, 6.07) is 0. The number of unbranched alkanes of at least 4 members (excludes halogenated alkanes) is 3. The van der Waals surface area contributed by atoms with Gasteiger partial charge in [0, 0.05) is 33.4 Å². The topological polar surface area (TPSA) is 45.7 Å². The van der Waals surface area contributed by atoms with Crippen LogP contribution in [-0.4, -0.2) is 51.3 Å². The monoisotopic (exact) mass is 417 g/mol. The number of methoxy groups -OCH3 is 1. The van der Waals surface area contributed by atoms with Crippen molar-refractivity contribution in [2.45, 2.75) is 39.0 Å². The van der Waals surface area contributed by atoms with Crippen LogP contribution in [0.15, 0.2) is 4.99 Å². The molecule has 0 unspecified atom stereocenters. The lowest BCUT2D eigenvalue weighted by molar-refractivity contribution is 0.192. The highest BCUT2D eigenvalue weighted by Crippen LogP contribution is 1.98. The summed E-state index contributed by atoms with van der Waals surface area (Å²) in [7, 11) is 1.75. The Morgan fingerprint density at radius 1 is 1.10 bits per heavy atom. The second-order valence-electron chi connectivity index (χ2n) is 4.44. The summed E-state index contributed by atoms with van der Waals surface area (Å²) in [4.78, 5) is 4.58. The first kappa shape index (κ1) is 22.6. The minimum atomic E-state index is 0. The maximum absolute atomic E-state index is 5.03. The van der Waals surface area contributed by atoms with E-state index in [0.29, 0.717) is 0 Å². The summed E-state index contributed by atoms with van der Waals surface area (Å²) in [6.45, 7) is 5.78. The van der Waals surface area contributed by atoms with Gasteiger partial charge in [0.05, 0.1) is 0 Å². The smallest absolute Gasteiger partial charge is 0.191 e. The van der Waals surface area contributed by atoms with Crippen LogP contribution < -0.4 is 10.6 Å². The third kappa shape index (κ3) is 16.4. The van der Waals surface area contributed by atoms with E-state index in [2.05, 4.69) is 28.8 Å². The third-order valence-electron chi connectivity index (χ3n) is 2.69. The summed E-state index contributed by atoms with van der Waals surface area (Å²) in [6.07, 6.45) is 8.08. The van der Waals surface area contributed by atoms with E-state index in [1.165, 1.54) is 25.0 Å². The normalized spacial score (nSPS) is 11.1. The molecule has 0 aromatic rings. The number of halogens is 1. The zero-order chi connectivity index (χ0) is 14.2. The van der Waals surface area contributed by atoms with Crippen molar-refractivity contribution in [1.82, 2.24) is 10.6 Å². The molecule has 4 nitrogen and oxygen atoms in total. The summed E-state index contributed by atoms with van der Waals surface area (Å²) in [5.74, 6) is 2.20. The highest BCUT2D eigenvalue weighted by Gasteiger charge is 1.96. The van der Waals surface area contributed by atoms with Crippen molar-refractivity contribution in [2.75, 3.05) is 45.4 Å². The number of nitrogens with zero attached hydrogens (tertiary/aromatic N) is 1. The number of thioether (sulfide) groups is 1. The van der Waals surface area contributed by atoms with E-state index in [9.17, 15) is 0 Å². The zero-order valence-corrected chi connectivity index (χ0v) is 16.4. The lowest BCUT2D eigenvalue weighted by Crippen LogP contribution is -2.37. The van der Waals surface area contributed by atoms with Gasteiger partial charge in [0.25, 0.3) is 0 Å². The van der Waals surface area contributed by atoms with Gasteiger partial charge in [-0.25, -0.2) is 0 Å².